The number of imidazole rings is 1. The quantitative estimate of drug-likeness (QED) is 0.180. The van der Waals surface area contributed by atoms with E-state index in [-0.39, 0.29) is 44.2 Å². The predicted octanol–water partition coefficient (Wildman–Crippen LogP) is 3.57. The second kappa shape index (κ2) is 15.2. The largest absolute Gasteiger partial charge is 0.497 e. The van der Waals surface area contributed by atoms with Crippen LogP contribution in [0.15, 0.2) is 97.5 Å². The maximum Gasteiger partial charge on any atom is 0.306 e. The van der Waals surface area contributed by atoms with Gasteiger partial charge in [-0.3, -0.25) is 19.2 Å². The Hall–Kier alpha value is -5.45. The number of ether oxygens (including phenoxy) is 2. The van der Waals surface area contributed by atoms with Crippen molar-refractivity contribution in [2.45, 2.75) is 50.3 Å². The van der Waals surface area contributed by atoms with Crippen LogP contribution in [0, 0.1) is 0 Å². The zero-order chi connectivity index (χ0) is 33.2. The molecule has 1 aromatic heterocycles. The molecule has 11 nitrogen and oxygen atoms in total. The number of hydrogen-bond acceptors (Lipinski definition) is 7. The molecule has 0 saturated carbocycles. The molecule has 1 saturated heterocycles. The molecule has 0 spiro atoms. The van der Waals surface area contributed by atoms with Crippen LogP contribution in [0.4, 0.5) is 0 Å². The van der Waals surface area contributed by atoms with Crippen LogP contribution in [-0.4, -0.2) is 70.8 Å². The number of aromatic amines is 1. The Morgan fingerprint density at radius 3 is 2.19 bits per heavy atom. The molecule has 0 radical (unpaired) electrons. The number of carbonyl (C=O) groups is 4. The van der Waals surface area contributed by atoms with Gasteiger partial charge in [-0.1, -0.05) is 67.6 Å². The Labute approximate surface area is 273 Å². The number of esters is 1. The maximum atomic E-state index is 14.1. The standard InChI is InChI=1S/C36H39N5O6/c1-3-10-32(42)47-36(27-13-8-5-9-14-27)22-41(23-36)35(45)31(19-25-15-17-29(46-2)18-16-25)40-34(44)30(20-28-21-37-24-38-28)39-33(43)26-11-6-4-7-12-26/h4-9,11-18,21,24,30-31H,3,10,19-20,22-23H2,1-2H3,(H,37,38)(H,39,43)(H,40,44)/t30-,31-/m0/s1. The molecule has 2 atom stereocenters. The van der Waals surface area contributed by atoms with Crippen LogP contribution in [0.2, 0.25) is 0 Å². The third-order valence-electron chi connectivity index (χ3n) is 8.12. The molecule has 0 unspecified atom stereocenters. The molecule has 47 heavy (non-hydrogen) atoms. The maximum absolute atomic E-state index is 14.1. The fourth-order valence-corrected chi connectivity index (χ4v) is 5.59. The van der Waals surface area contributed by atoms with E-state index in [9.17, 15) is 19.2 Å². The first-order valence-corrected chi connectivity index (χ1v) is 15.6. The van der Waals surface area contributed by atoms with E-state index in [1.165, 1.54) is 6.33 Å². The number of aromatic nitrogens is 2. The summed E-state index contributed by atoms with van der Waals surface area (Å²) in [6.45, 7) is 2.19. The van der Waals surface area contributed by atoms with Gasteiger partial charge in [0.2, 0.25) is 11.8 Å². The first-order chi connectivity index (χ1) is 22.8. The van der Waals surface area contributed by atoms with E-state index in [4.69, 9.17) is 9.47 Å². The number of rotatable bonds is 14. The van der Waals surface area contributed by atoms with Gasteiger partial charge < -0.3 is 30.0 Å². The number of nitrogens with one attached hydrogen (secondary N) is 3. The molecule has 1 fully saturated rings. The Bertz CT molecular complexity index is 1640. The second-order valence-corrected chi connectivity index (χ2v) is 11.6. The lowest BCUT2D eigenvalue weighted by Crippen LogP contribution is -2.66. The van der Waals surface area contributed by atoms with E-state index in [1.54, 1.807) is 60.7 Å². The number of likely N-dealkylation sites (tertiary alicyclic amines) is 1. The summed E-state index contributed by atoms with van der Waals surface area (Å²) in [6.07, 6.45) is 4.30. The molecule has 0 bridgehead atoms. The lowest BCUT2D eigenvalue weighted by Gasteiger charge is -2.50. The number of hydrogen-bond donors (Lipinski definition) is 3. The van der Waals surface area contributed by atoms with E-state index in [0.29, 0.717) is 23.4 Å². The summed E-state index contributed by atoms with van der Waals surface area (Å²) in [5, 5.41) is 5.74. The summed E-state index contributed by atoms with van der Waals surface area (Å²) >= 11 is 0. The van der Waals surface area contributed by atoms with Crippen molar-refractivity contribution in [2.24, 2.45) is 0 Å². The van der Waals surface area contributed by atoms with Crippen LogP contribution in [0.1, 0.15) is 46.9 Å². The van der Waals surface area contributed by atoms with E-state index in [2.05, 4.69) is 20.6 Å². The SMILES string of the molecule is CCCC(=O)OC1(c2ccccc2)CN(C(=O)[C@H](Cc2ccc(OC)cc2)NC(=O)[C@H](Cc2cnc[nH]2)NC(=O)c2ccccc2)C1. The predicted molar refractivity (Wildman–Crippen MR) is 174 cm³/mol. The lowest BCUT2D eigenvalue weighted by molar-refractivity contribution is -0.189. The normalized spacial score (nSPS) is 14.6. The van der Waals surface area contributed by atoms with Gasteiger partial charge in [-0.15, -0.1) is 0 Å². The van der Waals surface area contributed by atoms with Gasteiger partial charge in [0.1, 0.15) is 17.8 Å². The second-order valence-electron chi connectivity index (χ2n) is 11.6. The molecule has 4 aromatic rings. The Kier molecular flexibility index (Phi) is 10.7. The first-order valence-electron chi connectivity index (χ1n) is 15.6. The Balaban J connectivity index is 1.38. The Morgan fingerprint density at radius 1 is 0.894 bits per heavy atom. The van der Waals surface area contributed by atoms with Crippen molar-refractivity contribution in [2.75, 3.05) is 20.2 Å². The topological polar surface area (TPSA) is 143 Å². The van der Waals surface area contributed by atoms with Gasteiger partial charge in [0.05, 0.1) is 26.5 Å². The highest BCUT2D eigenvalue weighted by Gasteiger charge is 2.51. The van der Waals surface area contributed by atoms with Crippen molar-refractivity contribution in [3.05, 3.63) is 120 Å². The molecule has 11 heteroatoms. The van der Waals surface area contributed by atoms with Gasteiger partial charge in [-0.05, 0) is 41.8 Å². The molecule has 5 rings (SSSR count). The van der Waals surface area contributed by atoms with Crippen molar-refractivity contribution < 1.29 is 28.7 Å². The van der Waals surface area contributed by atoms with Crippen LogP contribution < -0.4 is 15.4 Å². The van der Waals surface area contributed by atoms with Crippen LogP contribution in [-0.2, 0) is 37.6 Å². The summed E-state index contributed by atoms with van der Waals surface area (Å²) in [4.78, 5) is 62.4. The van der Waals surface area contributed by atoms with Crippen LogP contribution in [0.3, 0.4) is 0 Å². The molecule has 244 valence electrons. The molecule has 0 aliphatic carbocycles. The zero-order valence-corrected chi connectivity index (χ0v) is 26.5. The number of methoxy groups -OCH3 is 1. The zero-order valence-electron chi connectivity index (χ0n) is 26.5. The monoisotopic (exact) mass is 637 g/mol. The van der Waals surface area contributed by atoms with Gasteiger partial charge in [0.25, 0.3) is 5.91 Å². The fourth-order valence-electron chi connectivity index (χ4n) is 5.59. The summed E-state index contributed by atoms with van der Waals surface area (Å²) in [6, 6.07) is 23.2. The number of nitrogens with zero attached hydrogens (tertiary/aromatic N) is 2. The lowest BCUT2D eigenvalue weighted by atomic mass is 9.84. The van der Waals surface area contributed by atoms with E-state index < -0.39 is 29.5 Å². The number of carbonyl (C=O) groups excluding carboxylic acids is 4. The molecule has 1 aliphatic rings. The first kappa shape index (κ1) is 32.9. The minimum absolute atomic E-state index is 0.127. The van der Waals surface area contributed by atoms with E-state index in [1.807, 2.05) is 49.4 Å². The number of H-pyrrole nitrogens is 1. The average Bonchev–Trinajstić information content (AvgIpc) is 3.60. The molecule has 3 amide bonds. The molecule has 3 aromatic carbocycles. The molecular formula is C36H39N5O6. The highest BCUT2D eigenvalue weighted by Crippen LogP contribution is 2.37. The minimum Gasteiger partial charge on any atom is -0.497 e. The summed E-state index contributed by atoms with van der Waals surface area (Å²) in [5.41, 5.74) is 1.65. The molecule has 2 heterocycles. The fraction of sp³-hybridized carbons (Fsp3) is 0.306. The number of amides is 3. The Morgan fingerprint density at radius 2 is 1.57 bits per heavy atom. The molecule has 1 aliphatic heterocycles. The van der Waals surface area contributed by atoms with Gasteiger partial charge in [0, 0.05) is 36.7 Å². The summed E-state index contributed by atoms with van der Waals surface area (Å²) in [7, 11) is 1.57. The van der Waals surface area contributed by atoms with E-state index in [0.717, 1.165) is 11.1 Å². The van der Waals surface area contributed by atoms with Crippen molar-refractivity contribution >= 4 is 23.7 Å². The van der Waals surface area contributed by atoms with Crippen LogP contribution >= 0.6 is 0 Å². The number of benzene rings is 3. The van der Waals surface area contributed by atoms with Crippen LogP contribution in [0.25, 0.3) is 0 Å². The van der Waals surface area contributed by atoms with Gasteiger partial charge in [-0.25, -0.2) is 4.98 Å². The highest BCUT2D eigenvalue weighted by molar-refractivity contribution is 5.98. The minimum atomic E-state index is -1.01. The highest BCUT2D eigenvalue weighted by atomic mass is 16.6. The van der Waals surface area contributed by atoms with Gasteiger partial charge >= 0.3 is 5.97 Å². The third kappa shape index (κ3) is 8.23. The van der Waals surface area contributed by atoms with Crippen LogP contribution in [0.5, 0.6) is 5.75 Å². The van der Waals surface area contributed by atoms with Crippen molar-refractivity contribution in [3.8, 4) is 5.75 Å². The molecule has 3 N–H and O–H groups in total. The van der Waals surface area contributed by atoms with Gasteiger partial charge in [-0.2, -0.15) is 0 Å². The van der Waals surface area contributed by atoms with Crippen molar-refractivity contribution in [1.29, 1.82) is 0 Å². The smallest absolute Gasteiger partial charge is 0.306 e. The van der Waals surface area contributed by atoms with Crippen molar-refractivity contribution in [1.82, 2.24) is 25.5 Å². The van der Waals surface area contributed by atoms with E-state index >= 15 is 0 Å². The molecular weight excluding hydrogens is 598 g/mol. The summed E-state index contributed by atoms with van der Waals surface area (Å²) < 4.78 is 11.3. The third-order valence-corrected chi connectivity index (χ3v) is 8.12. The average molecular weight is 638 g/mol. The van der Waals surface area contributed by atoms with Crippen molar-refractivity contribution in [3.63, 3.8) is 0 Å². The van der Waals surface area contributed by atoms with Gasteiger partial charge in [0.15, 0.2) is 5.60 Å². The summed E-state index contributed by atoms with van der Waals surface area (Å²) in [5.74, 6) is -0.954.